The Labute approximate surface area is 182 Å². The van der Waals surface area contributed by atoms with Crippen molar-refractivity contribution in [2.45, 2.75) is 65.3 Å². The predicted molar refractivity (Wildman–Crippen MR) is 118 cm³/mol. The normalized spacial score (nSPS) is 16.3. The molecule has 0 spiro atoms. The summed E-state index contributed by atoms with van der Waals surface area (Å²) < 4.78 is 5.40. The van der Waals surface area contributed by atoms with Crippen molar-refractivity contribution in [2.75, 3.05) is 6.54 Å². The van der Waals surface area contributed by atoms with E-state index in [9.17, 15) is 4.79 Å². The summed E-state index contributed by atoms with van der Waals surface area (Å²) in [4.78, 5) is 29.0. The van der Waals surface area contributed by atoms with Crippen LogP contribution >= 0.6 is 0 Å². The predicted octanol–water partition coefficient (Wildman–Crippen LogP) is 4.89. The van der Waals surface area contributed by atoms with Gasteiger partial charge < -0.3 is 9.42 Å². The third kappa shape index (κ3) is 4.22. The van der Waals surface area contributed by atoms with Gasteiger partial charge in [-0.15, -0.1) is 0 Å². The van der Waals surface area contributed by atoms with Gasteiger partial charge in [-0.05, 0) is 49.3 Å². The molecule has 1 saturated heterocycles. The average molecular weight is 420 g/mol. The Balaban J connectivity index is 1.74. The van der Waals surface area contributed by atoms with Crippen LogP contribution in [0.2, 0.25) is 0 Å². The number of carbonyl (C=O) groups is 1. The van der Waals surface area contributed by atoms with E-state index in [-0.39, 0.29) is 17.9 Å². The number of hydrogen-bond donors (Lipinski definition) is 0. The Kier molecular flexibility index (Phi) is 6.11. The van der Waals surface area contributed by atoms with Gasteiger partial charge in [0.05, 0.1) is 17.4 Å². The van der Waals surface area contributed by atoms with Crippen LogP contribution in [0.1, 0.15) is 85.3 Å². The van der Waals surface area contributed by atoms with Crippen LogP contribution in [0.5, 0.6) is 0 Å². The number of aryl methyl sites for hydroxylation is 2. The van der Waals surface area contributed by atoms with E-state index in [1.807, 2.05) is 44.1 Å². The summed E-state index contributed by atoms with van der Waals surface area (Å²) in [6, 6.07) is 3.63. The van der Waals surface area contributed by atoms with Crippen LogP contribution in [0, 0.1) is 6.92 Å². The van der Waals surface area contributed by atoms with Crippen LogP contribution in [0.25, 0.3) is 11.1 Å². The third-order valence-corrected chi connectivity index (χ3v) is 5.81. The lowest BCUT2D eigenvalue weighted by molar-refractivity contribution is 0.0690. The molecule has 1 atom stereocenters. The van der Waals surface area contributed by atoms with Crippen LogP contribution in [-0.4, -0.2) is 37.5 Å². The highest BCUT2D eigenvalue weighted by Crippen LogP contribution is 2.38. The summed E-state index contributed by atoms with van der Waals surface area (Å²) in [5, 5.41) is 4.07. The molecular formula is C24H29N5O2. The molecule has 4 heterocycles. The number of amides is 1. The summed E-state index contributed by atoms with van der Waals surface area (Å²) in [6.45, 7) is 8.88. The fourth-order valence-corrected chi connectivity index (χ4v) is 4.11. The molecule has 1 fully saturated rings. The van der Waals surface area contributed by atoms with E-state index >= 15 is 0 Å². The molecule has 0 aliphatic carbocycles. The van der Waals surface area contributed by atoms with Crippen LogP contribution in [-0.2, 0) is 6.42 Å². The fourth-order valence-electron chi connectivity index (χ4n) is 4.11. The van der Waals surface area contributed by atoms with E-state index in [4.69, 9.17) is 9.51 Å². The molecule has 162 valence electrons. The van der Waals surface area contributed by atoms with Gasteiger partial charge in [0.15, 0.2) is 0 Å². The lowest BCUT2D eigenvalue weighted by Crippen LogP contribution is -2.31. The van der Waals surface area contributed by atoms with E-state index in [0.29, 0.717) is 12.3 Å². The lowest BCUT2D eigenvalue weighted by Gasteiger charge is -2.25. The molecule has 0 N–H and O–H groups in total. The molecule has 0 radical (unpaired) electrons. The Morgan fingerprint density at radius 2 is 2.13 bits per heavy atom. The molecule has 0 saturated carbocycles. The Morgan fingerprint density at radius 3 is 2.84 bits per heavy atom. The van der Waals surface area contributed by atoms with Crippen molar-refractivity contribution in [2.24, 2.45) is 0 Å². The number of nitrogens with zero attached hydrogens (tertiary/aromatic N) is 5. The quantitative estimate of drug-likeness (QED) is 0.566. The fraction of sp³-hybridized carbons (Fsp3) is 0.458. The first-order valence-electron chi connectivity index (χ1n) is 11.0. The number of pyridine rings is 1. The van der Waals surface area contributed by atoms with Gasteiger partial charge in [0.1, 0.15) is 5.82 Å². The van der Waals surface area contributed by atoms with Crippen LogP contribution < -0.4 is 0 Å². The van der Waals surface area contributed by atoms with Gasteiger partial charge in [0.25, 0.3) is 5.91 Å². The summed E-state index contributed by atoms with van der Waals surface area (Å²) in [5.74, 6) is 1.18. The van der Waals surface area contributed by atoms with E-state index in [1.54, 1.807) is 12.3 Å². The lowest BCUT2D eigenvalue weighted by atomic mass is 9.97. The summed E-state index contributed by atoms with van der Waals surface area (Å²) >= 11 is 0. The monoisotopic (exact) mass is 419 g/mol. The Bertz CT molecular complexity index is 1080. The molecule has 1 aliphatic rings. The second-order valence-electron chi connectivity index (χ2n) is 8.45. The molecule has 3 aromatic heterocycles. The minimum absolute atomic E-state index is 0.124. The molecule has 1 aliphatic heterocycles. The van der Waals surface area contributed by atoms with Gasteiger partial charge >= 0.3 is 0 Å². The summed E-state index contributed by atoms with van der Waals surface area (Å²) in [6.07, 6.45) is 9.09. The number of likely N-dealkylation sites (tertiary alicyclic amines) is 1. The van der Waals surface area contributed by atoms with Crippen molar-refractivity contribution in [3.05, 3.63) is 59.3 Å². The van der Waals surface area contributed by atoms with Crippen molar-refractivity contribution in [1.29, 1.82) is 0 Å². The SMILES string of the molecule is CCCc1ncc(-c2ccncc2C)c([C@H]2CCCN2C(=O)c2cc(C(C)C)no2)n1. The zero-order valence-corrected chi connectivity index (χ0v) is 18.6. The van der Waals surface area contributed by atoms with Gasteiger partial charge in [-0.1, -0.05) is 25.9 Å². The maximum Gasteiger partial charge on any atom is 0.293 e. The summed E-state index contributed by atoms with van der Waals surface area (Å²) in [7, 11) is 0. The number of aromatic nitrogens is 4. The Hall–Kier alpha value is -3.09. The van der Waals surface area contributed by atoms with Gasteiger partial charge in [0.2, 0.25) is 5.76 Å². The van der Waals surface area contributed by atoms with Gasteiger partial charge in [0, 0.05) is 43.2 Å². The second-order valence-corrected chi connectivity index (χ2v) is 8.45. The highest BCUT2D eigenvalue weighted by atomic mass is 16.5. The first kappa shape index (κ1) is 21.2. The summed E-state index contributed by atoms with van der Waals surface area (Å²) in [5.41, 5.74) is 4.77. The molecule has 0 bridgehead atoms. The molecule has 7 heteroatoms. The molecule has 0 unspecified atom stereocenters. The van der Waals surface area contributed by atoms with Crippen LogP contribution in [0.3, 0.4) is 0 Å². The zero-order valence-electron chi connectivity index (χ0n) is 18.6. The molecule has 3 aromatic rings. The van der Waals surface area contributed by atoms with Gasteiger partial charge in [-0.25, -0.2) is 9.97 Å². The molecular weight excluding hydrogens is 390 g/mol. The molecule has 1 amide bonds. The maximum atomic E-state index is 13.3. The van der Waals surface area contributed by atoms with Crippen molar-refractivity contribution in [3.8, 4) is 11.1 Å². The largest absolute Gasteiger partial charge is 0.351 e. The van der Waals surface area contributed by atoms with E-state index in [0.717, 1.165) is 59.6 Å². The zero-order chi connectivity index (χ0) is 22.0. The maximum absolute atomic E-state index is 13.3. The third-order valence-electron chi connectivity index (χ3n) is 5.81. The highest BCUT2D eigenvalue weighted by Gasteiger charge is 2.35. The van der Waals surface area contributed by atoms with Crippen molar-refractivity contribution in [3.63, 3.8) is 0 Å². The topological polar surface area (TPSA) is 85.0 Å². The number of hydrogen-bond acceptors (Lipinski definition) is 6. The highest BCUT2D eigenvalue weighted by molar-refractivity contribution is 5.92. The van der Waals surface area contributed by atoms with E-state index < -0.39 is 0 Å². The van der Waals surface area contributed by atoms with E-state index in [1.165, 1.54) is 0 Å². The van der Waals surface area contributed by atoms with E-state index in [2.05, 4.69) is 22.0 Å². The Morgan fingerprint density at radius 1 is 1.29 bits per heavy atom. The minimum atomic E-state index is -0.130. The standard InChI is InChI=1S/C24H29N5O2/c1-5-7-22-26-14-18(17-9-10-25-13-16(17)4)23(27-22)20-8-6-11-29(20)24(30)21-12-19(15(2)3)28-31-21/h9-10,12-15,20H,5-8,11H2,1-4H3/t20-/m1/s1. The van der Waals surface area contributed by atoms with Gasteiger partial charge in [-0.3, -0.25) is 9.78 Å². The second kappa shape index (κ2) is 8.96. The first-order valence-corrected chi connectivity index (χ1v) is 11.0. The number of rotatable bonds is 6. The van der Waals surface area contributed by atoms with Crippen molar-refractivity contribution < 1.29 is 9.32 Å². The number of carbonyl (C=O) groups excluding carboxylic acids is 1. The van der Waals surface area contributed by atoms with Crippen LogP contribution in [0.15, 0.2) is 35.2 Å². The van der Waals surface area contributed by atoms with Crippen molar-refractivity contribution >= 4 is 5.91 Å². The smallest absolute Gasteiger partial charge is 0.293 e. The molecule has 0 aromatic carbocycles. The van der Waals surface area contributed by atoms with Crippen LogP contribution in [0.4, 0.5) is 0 Å². The average Bonchev–Trinajstić information content (AvgIpc) is 3.44. The van der Waals surface area contributed by atoms with Crippen molar-refractivity contribution in [1.82, 2.24) is 25.0 Å². The van der Waals surface area contributed by atoms with Gasteiger partial charge in [-0.2, -0.15) is 0 Å². The minimum Gasteiger partial charge on any atom is -0.351 e. The molecule has 31 heavy (non-hydrogen) atoms. The molecule has 7 nitrogen and oxygen atoms in total. The first-order chi connectivity index (χ1) is 15.0. The molecule has 4 rings (SSSR count).